The van der Waals surface area contributed by atoms with Gasteiger partial charge in [-0.3, -0.25) is 19.2 Å². The fraction of sp³-hybridized carbons (Fsp3) is 0.333. The van der Waals surface area contributed by atoms with Crippen molar-refractivity contribution in [1.29, 1.82) is 0 Å². The molecule has 15 heteroatoms. The van der Waals surface area contributed by atoms with Crippen LogP contribution < -0.4 is 14.5 Å². The van der Waals surface area contributed by atoms with E-state index in [1.807, 2.05) is 0 Å². The second-order valence-electron chi connectivity index (χ2n) is 13.3. The predicted octanol–water partition coefficient (Wildman–Crippen LogP) is 7.64. The van der Waals surface area contributed by atoms with Crippen LogP contribution >= 0.6 is 15.9 Å². The van der Waals surface area contributed by atoms with Crippen molar-refractivity contribution in [3.63, 3.8) is 0 Å². The minimum Gasteiger partial charge on any atom is -0.504 e. The number of phenolic OH excluding ortho intramolecular Hbond substituents is 1. The molecule has 7 rings (SSSR count). The summed E-state index contributed by atoms with van der Waals surface area (Å²) in [4.78, 5) is 58.4. The fourth-order valence-electron chi connectivity index (χ4n) is 8.47. The van der Waals surface area contributed by atoms with Crippen molar-refractivity contribution in [3.05, 3.63) is 93.5 Å². The van der Waals surface area contributed by atoms with Gasteiger partial charge in [-0.05, 0) is 68.1 Å². The second kappa shape index (κ2) is 11.7. The highest BCUT2D eigenvalue weighted by molar-refractivity contribution is 9.10. The number of anilines is 2. The Kier molecular flexibility index (Phi) is 7.97. The van der Waals surface area contributed by atoms with Crippen molar-refractivity contribution in [2.24, 2.45) is 29.1 Å². The Hall–Kier alpha value is -4.66. The van der Waals surface area contributed by atoms with Gasteiger partial charge in [0.05, 0.1) is 52.8 Å². The number of hydrogen-bond acceptors (Lipinski definition) is 6. The fourth-order valence-corrected chi connectivity index (χ4v) is 8.93. The molecule has 2 aliphatic carbocycles. The minimum atomic E-state index is -5.22. The molecule has 1 saturated carbocycles. The average molecular weight is 778 g/mol. The maximum Gasteiger partial charge on any atom is 0.416 e. The van der Waals surface area contributed by atoms with Crippen LogP contribution in [0, 0.1) is 29.1 Å². The van der Waals surface area contributed by atoms with Gasteiger partial charge in [0.1, 0.15) is 0 Å². The molecule has 2 saturated heterocycles. The zero-order chi connectivity index (χ0) is 36.9. The van der Waals surface area contributed by atoms with Crippen LogP contribution in [-0.4, -0.2) is 35.8 Å². The molecule has 3 fully saturated rings. The van der Waals surface area contributed by atoms with Crippen molar-refractivity contribution >= 4 is 50.9 Å². The number of ether oxygens (including phenoxy) is 1. The van der Waals surface area contributed by atoms with Crippen LogP contribution in [0.1, 0.15) is 42.4 Å². The van der Waals surface area contributed by atoms with E-state index in [1.54, 1.807) is 49.4 Å². The molecule has 0 bridgehead atoms. The third kappa shape index (κ3) is 5.17. The first-order valence-corrected chi connectivity index (χ1v) is 16.6. The zero-order valence-corrected chi connectivity index (χ0v) is 28.3. The molecule has 6 atom stereocenters. The standard InChI is InChI=1S/C36H27BrF6N2O6/c1-34-25(31(48)45(33(34)50)19-6-4-3-5-7-19)15-23-21(28(34)24-13-18(37)14-26(51-2)29(24)46)8-9-22-27(23)32(49)44(30(22)47)20-11-16(35(38,39)40)10-17(12-20)36(41,42)43/h3-8,10-14,22-23,25,27-28,46H,9,15H2,1-2H3/t22-,23+,25-,27-,28+,34+/m0/s1. The van der Waals surface area contributed by atoms with Crippen molar-refractivity contribution in [3.8, 4) is 11.5 Å². The summed E-state index contributed by atoms with van der Waals surface area (Å²) in [6, 6.07) is 11.8. The lowest BCUT2D eigenvalue weighted by molar-refractivity contribution is -0.143. The van der Waals surface area contributed by atoms with E-state index in [2.05, 4.69) is 15.9 Å². The molecule has 3 aromatic carbocycles. The first-order chi connectivity index (χ1) is 23.9. The van der Waals surface area contributed by atoms with E-state index in [4.69, 9.17) is 4.74 Å². The highest BCUT2D eigenvalue weighted by Gasteiger charge is 2.68. The molecular weight excluding hydrogens is 750 g/mol. The smallest absolute Gasteiger partial charge is 0.416 e. The predicted molar refractivity (Wildman–Crippen MR) is 172 cm³/mol. The van der Waals surface area contributed by atoms with E-state index >= 15 is 0 Å². The highest BCUT2D eigenvalue weighted by atomic mass is 79.9. The van der Waals surface area contributed by atoms with Crippen LogP contribution in [0.15, 0.2) is 76.8 Å². The summed E-state index contributed by atoms with van der Waals surface area (Å²) >= 11 is 3.41. The number of carbonyl (C=O) groups is 4. The number of aromatic hydroxyl groups is 1. The molecule has 0 unspecified atom stereocenters. The van der Waals surface area contributed by atoms with E-state index in [0.717, 1.165) is 4.90 Å². The number of imide groups is 2. The Morgan fingerprint density at radius 1 is 0.824 bits per heavy atom. The molecule has 2 heterocycles. The van der Waals surface area contributed by atoms with Crippen molar-refractivity contribution in [2.45, 2.75) is 38.0 Å². The third-order valence-corrected chi connectivity index (χ3v) is 11.2. The van der Waals surface area contributed by atoms with Crippen molar-refractivity contribution in [2.75, 3.05) is 16.9 Å². The number of alkyl halides is 6. The molecule has 4 aliphatic rings. The number of rotatable bonds is 4. The van der Waals surface area contributed by atoms with Gasteiger partial charge in [-0.15, -0.1) is 0 Å². The maximum atomic E-state index is 14.5. The van der Waals surface area contributed by atoms with Crippen molar-refractivity contribution in [1.82, 2.24) is 0 Å². The number of hydrogen-bond donors (Lipinski definition) is 1. The summed E-state index contributed by atoms with van der Waals surface area (Å²) in [6.45, 7) is 1.59. The van der Waals surface area contributed by atoms with Crippen LogP contribution in [-0.2, 0) is 31.5 Å². The Bertz CT molecular complexity index is 2020. The van der Waals surface area contributed by atoms with E-state index in [1.165, 1.54) is 13.2 Å². The lowest BCUT2D eigenvalue weighted by Crippen LogP contribution is -2.49. The van der Waals surface area contributed by atoms with Crippen molar-refractivity contribution < 1.29 is 55.4 Å². The quantitative estimate of drug-likeness (QED) is 0.166. The number of allylic oxidation sites excluding steroid dienone is 2. The van der Waals surface area contributed by atoms with E-state index in [0.29, 0.717) is 27.1 Å². The highest BCUT2D eigenvalue weighted by Crippen LogP contribution is 2.65. The molecule has 8 nitrogen and oxygen atoms in total. The average Bonchev–Trinajstić information content (AvgIpc) is 3.44. The van der Waals surface area contributed by atoms with Gasteiger partial charge >= 0.3 is 12.4 Å². The van der Waals surface area contributed by atoms with Gasteiger partial charge in [-0.1, -0.05) is 45.8 Å². The number of benzene rings is 3. The maximum absolute atomic E-state index is 14.5. The Labute approximate surface area is 294 Å². The molecule has 0 radical (unpaired) electrons. The summed E-state index contributed by atoms with van der Waals surface area (Å²) < 4.78 is 88.5. The summed E-state index contributed by atoms with van der Waals surface area (Å²) in [5.74, 6) is -9.09. The summed E-state index contributed by atoms with van der Waals surface area (Å²) in [5, 5.41) is 11.5. The molecule has 51 heavy (non-hydrogen) atoms. The zero-order valence-electron chi connectivity index (χ0n) is 26.7. The van der Waals surface area contributed by atoms with Gasteiger partial charge in [0.2, 0.25) is 23.6 Å². The monoisotopic (exact) mass is 776 g/mol. The lowest BCUT2D eigenvalue weighted by Gasteiger charge is -2.49. The van der Waals surface area contributed by atoms with Crippen LogP contribution in [0.4, 0.5) is 37.7 Å². The van der Waals surface area contributed by atoms with Gasteiger partial charge in [0.25, 0.3) is 0 Å². The first-order valence-electron chi connectivity index (χ1n) is 15.8. The minimum absolute atomic E-state index is 0.0379. The van der Waals surface area contributed by atoms with Crippen LogP contribution in [0.3, 0.4) is 0 Å². The molecule has 0 aromatic heterocycles. The number of halogens is 7. The van der Waals surface area contributed by atoms with E-state index in [9.17, 15) is 50.6 Å². The normalized spacial score (nSPS) is 27.7. The Balaban J connectivity index is 1.39. The summed E-state index contributed by atoms with van der Waals surface area (Å²) in [6.07, 6.45) is -9.09. The largest absolute Gasteiger partial charge is 0.504 e. The number of para-hydroxylation sites is 1. The lowest BCUT2D eigenvalue weighted by atomic mass is 9.51. The van der Waals surface area contributed by atoms with Gasteiger partial charge in [-0.25, -0.2) is 9.80 Å². The third-order valence-electron chi connectivity index (χ3n) is 10.7. The SMILES string of the molecule is COc1cc(Br)cc([C@H]2C3=CC[C@@H]4C(=O)N(c5cc(C(F)(F)F)cc(C(F)(F)F)c5)C(=O)[C@@H]4[C@@H]3C[C@H]3C(=O)N(c4ccccc4)C(=O)[C@@]23C)c1O. The number of nitrogens with zero attached hydrogens (tertiary/aromatic N) is 2. The van der Waals surface area contributed by atoms with Crippen LogP contribution in [0.2, 0.25) is 0 Å². The molecule has 266 valence electrons. The number of fused-ring (bicyclic) bond motifs is 4. The first kappa shape index (κ1) is 34.8. The topological polar surface area (TPSA) is 104 Å². The molecule has 3 aromatic rings. The Morgan fingerprint density at radius 3 is 2.04 bits per heavy atom. The second-order valence-corrected chi connectivity index (χ2v) is 14.2. The van der Waals surface area contributed by atoms with Gasteiger partial charge < -0.3 is 9.84 Å². The summed E-state index contributed by atoms with van der Waals surface area (Å²) in [7, 11) is 1.32. The van der Waals surface area contributed by atoms with E-state index < -0.39 is 87.8 Å². The number of methoxy groups -OCH3 is 1. The van der Waals surface area contributed by atoms with Crippen LogP contribution in [0.25, 0.3) is 0 Å². The Morgan fingerprint density at radius 2 is 1.45 bits per heavy atom. The summed E-state index contributed by atoms with van der Waals surface area (Å²) in [5.41, 5.74) is -4.90. The number of amides is 4. The molecular formula is C36H27BrF6N2O6. The molecule has 2 aliphatic heterocycles. The molecule has 4 amide bonds. The molecule has 1 N–H and O–H groups in total. The number of phenols is 1. The van der Waals surface area contributed by atoms with Crippen LogP contribution in [0.5, 0.6) is 11.5 Å². The van der Waals surface area contributed by atoms with E-state index in [-0.39, 0.29) is 41.7 Å². The van der Waals surface area contributed by atoms with Gasteiger partial charge in [-0.2, -0.15) is 26.3 Å². The van der Waals surface area contributed by atoms with Gasteiger partial charge in [0.15, 0.2) is 11.5 Å². The number of carbonyl (C=O) groups excluding carboxylic acids is 4. The molecule has 0 spiro atoms. The van der Waals surface area contributed by atoms with Gasteiger partial charge in [0, 0.05) is 16.0 Å².